The topological polar surface area (TPSA) is 32.3 Å². The summed E-state index contributed by atoms with van der Waals surface area (Å²) < 4.78 is 0. The maximum atomic E-state index is 12.4. The van der Waals surface area contributed by atoms with Gasteiger partial charge in [-0.05, 0) is 49.9 Å². The van der Waals surface area contributed by atoms with E-state index in [1.54, 1.807) is 11.8 Å². The monoisotopic (exact) mass is 278 g/mol. The van der Waals surface area contributed by atoms with E-state index in [0.717, 1.165) is 37.4 Å². The first kappa shape index (κ1) is 14.4. The Morgan fingerprint density at radius 2 is 2.16 bits per heavy atom. The molecule has 19 heavy (non-hydrogen) atoms. The van der Waals surface area contributed by atoms with Gasteiger partial charge >= 0.3 is 0 Å². The van der Waals surface area contributed by atoms with Crippen LogP contribution in [0.5, 0.6) is 0 Å². The van der Waals surface area contributed by atoms with Gasteiger partial charge in [-0.1, -0.05) is 12.1 Å². The van der Waals surface area contributed by atoms with Gasteiger partial charge in [0.15, 0.2) is 0 Å². The Labute approximate surface area is 119 Å². The van der Waals surface area contributed by atoms with E-state index in [-0.39, 0.29) is 5.91 Å². The SMILES string of the molecule is CNC[C@H]1CCN(C(=O)c2ccc(CSC)cc2)C1. The number of rotatable bonds is 5. The zero-order valence-corrected chi connectivity index (χ0v) is 12.5. The molecule has 0 radical (unpaired) electrons. The van der Waals surface area contributed by atoms with E-state index in [2.05, 4.69) is 23.7 Å². The van der Waals surface area contributed by atoms with E-state index in [1.807, 2.05) is 24.1 Å². The molecule has 0 aromatic heterocycles. The lowest BCUT2D eigenvalue weighted by Crippen LogP contribution is -2.30. The van der Waals surface area contributed by atoms with Crippen molar-refractivity contribution in [3.8, 4) is 0 Å². The van der Waals surface area contributed by atoms with E-state index in [1.165, 1.54) is 5.56 Å². The van der Waals surface area contributed by atoms with Crippen LogP contribution in [0.3, 0.4) is 0 Å². The fraction of sp³-hybridized carbons (Fsp3) is 0.533. The lowest BCUT2D eigenvalue weighted by atomic mass is 10.1. The van der Waals surface area contributed by atoms with Gasteiger partial charge in [0.1, 0.15) is 0 Å². The van der Waals surface area contributed by atoms with Crippen LogP contribution in [0.4, 0.5) is 0 Å². The predicted molar refractivity (Wildman–Crippen MR) is 81.6 cm³/mol. The Morgan fingerprint density at radius 1 is 1.42 bits per heavy atom. The van der Waals surface area contributed by atoms with Crippen LogP contribution < -0.4 is 5.32 Å². The maximum Gasteiger partial charge on any atom is 0.253 e. The van der Waals surface area contributed by atoms with E-state index in [9.17, 15) is 4.79 Å². The van der Waals surface area contributed by atoms with Gasteiger partial charge in [0.25, 0.3) is 5.91 Å². The first-order valence-corrected chi connectivity index (χ1v) is 8.15. The summed E-state index contributed by atoms with van der Waals surface area (Å²) in [6, 6.07) is 8.04. The van der Waals surface area contributed by atoms with Crippen LogP contribution in [0.15, 0.2) is 24.3 Å². The minimum atomic E-state index is 0.175. The Kier molecular flexibility index (Phi) is 5.28. The molecule has 1 heterocycles. The molecule has 1 saturated heterocycles. The number of nitrogens with zero attached hydrogens (tertiary/aromatic N) is 1. The van der Waals surface area contributed by atoms with E-state index in [4.69, 9.17) is 0 Å². The smallest absolute Gasteiger partial charge is 0.253 e. The van der Waals surface area contributed by atoms with E-state index < -0.39 is 0 Å². The van der Waals surface area contributed by atoms with Gasteiger partial charge in [-0.15, -0.1) is 0 Å². The van der Waals surface area contributed by atoms with Crippen molar-refractivity contribution in [1.29, 1.82) is 0 Å². The first-order chi connectivity index (χ1) is 9.24. The highest BCUT2D eigenvalue weighted by Crippen LogP contribution is 2.19. The number of hydrogen-bond acceptors (Lipinski definition) is 3. The highest BCUT2D eigenvalue weighted by molar-refractivity contribution is 7.97. The predicted octanol–water partition coefficient (Wildman–Crippen LogP) is 2.23. The molecule has 1 amide bonds. The number of benzene rings is 1. The molecular formula is C15H22N2OS. The molecule has 0 aliphatic carbocycles. The average Bonchev–Trinajstić information content (AvgIpc) is 2.88. The van der Waals surface area contributed by atoms with Crippen molar-refractivity contribution in [3.05, 3.63) is 35.4 Å². The fourth-order valence-corrected chi connectivity index (χ4v) is 3.09. The maximum absolute atomic E-state index is 12.4. The van der Waals surface area contributed by atoms with Crippen LogP contribution in [0.1, 0.15) is 22.3 Å². The van der Waals surface area contributed by atoms with E-state index >= 15 is 0 Å². The lowest BCUT2D eigenvalue weighted by molar-refractivity contribution is 0.0787. The van der Waals surface area contributed by atoms with Crippen LogP contribution in [0, 0.1) is 5.92 Å². The Morgan fingerprint density at radius 3 is 2.79 bits per heavy atom. The molecule has 0 spiro atoms. The molecule has 0 bridgehead atoms. The van der Waals surface area contributed by atoms with Crippen molar-refractivity contribution in [2.24, 2.45) is 5.92 Å². The molecule has 2 rings (SSSR count). The lowest BCUT2D eigenvalue weighted by Gasteiger charge is -2.16. The second-order valence-electron chi connectivity index (χ2n) is 5.09. The third kappa shape index (κ3) is 3.74. The molecule has 1 atom stereocenters. The van der Waals surface area contributed by atoms with Gasteiger partial charge in [-0.25, -0.2) is 0 Å². The van der Waals surface area contributed by atoms with Crippen molar-refractivity contribution in [3.63, 3.8) is 0 Å². The Hall–Kier alpha value is -1.00. The third-order valence-corrected chi connectivity index (χ3v) is 4.20. The number of likely N-dealkylation sites (tertiary alicyclic amines) is 1. The van der Waals surface area contributed by atoms with Crippen LogP contribution >= 0.6 is 11.8 Å². The number of carbonyl (C=O) groups is 1. The van der Waals surface area contributed by atoms with E-state index in [0.29, 0.717) is 5.92 Å². The summed E-state index contributed by atoms with van der Waals surface area (Å²) in [7, 11) is 1.97. The van der Waals surface area contributed by atoms with Gasteiger partial charge in [0.2, 0.25) is 0 Å². The second kappa shape index (κ2) is 6.96. The summed E-state index contributed by atoms with van der Waals surface area (Å²) in [6.07, 6.45) is 3.20. The minimum Gasteiger partial charge on any atom is -0.338 e. The third-order valence-electron chi connectivity index (χ3n) is 3.58. The molecule has 4 heteroatoms. The van der Waals surface area contributed by atoms with Gasteiger partial charge in [0.05, 0.1) is 0 Å². The minimum absolute atomic E-state index is 0.175. The quantitative estimate of drug-likeness (QED) is 0.896. The Balaban J connectivity index is 1.96. The van der Waals surface area contributed by atoms with Crippen molar-refractivity contribution < 1.29 is 4.79 Å². The van der Waals surface area contributed by atoms with Crippen molar-refractivity contribution in [2.45, 2.75) is 12.2 Å². The molecule has 0 unspecified atom stereocenters. The molecular weight excluding hydrogens is 256 g/mol. The first-order valence-electron chi connectivity index (χ1n) is 6.76. The Bertz CT molecular complexity index is 419. The molecule has 1 aromatic rings. The standard InChI is InChI=1S/C15H22N2OS/c1-16-9-13-7-8-17(10-13)15(18)14-5-3-12(4-6-14)11-19-2/h3-6,13,16H,7-11H2,1-2H3/t13-/m1/s1. The van der Waals surface area contributed by atoms with Crippen LogP contribution in [0.25, 0.3) is 0 Å². The van der Waals surface area contributed by atoms with Crippen LogP contribution in [-0.4, -0.2) is 43.7 Å². The van der Waals surface area contributed by atoms with Gasteiger partial charge in [0, 0.05) is 24.4 Å². The summed E-state index contributed by atoms with van der Waals surface area (Å²) in [4.78, 5) is 14.3. The summed E-state index contributed by atoms with van der Waals surface area (Å²) in [6.45, 7) is 2.76. The molecule has 1 aliphatic heterocycles. The number of thioether (sulfide) groups is 1. The second-order valence-corrected chi connectivity index (χ2v) is 5.96. The van der Waals surface area contributed by atoms with Crippen molar-refractivity contribution >= 4 is 17.7 Å². The summed E-state index contributed by atoms with van der Waals surface area (Å²) >= 11 is 1.80. The zero-order valence-electron chi connectivity index (χ0n) is 11.7. The zero-order chi connectivity index (χ0) is 13.7. The van der Waals surface area contributed by atoms with Crippen molar-refractivity contribution in [1.82, 2.24) is 10.2 Å². The fourth-order valence-electron chi connectivity index (χ4n) is 2.57. The van der Waals surface area contributed by atoms with Crippen LogP contribution in [-0.2, 0) is 5.75 Å². The molecule has 1 aromatic carbocycles. The number of amides is 1. The summed E-state index contributed by atoms with van der Waals surface area (Å²) in [5.41, 5.74) is 2.09. The molecule has 104 valence electrons. The number of carbonyl (C=O) groups excluding carboxylic acids is 1. The summed E-state index contributed by atoms with van der Waals surface area (Å²) in [5.74, 6) is 1.78. The normalized spacial score (nSPS) is 18.8. The highest BCUT2D eigenvalue weighted by Gasteiger charge is 2.26. The van der Waals surface area contributed by atoms with Gasteiger partial charge in [-0.3, -0.25) is 4.79 Å². The van der Waals surface area contributed by atoms with Crippen molar-refractivity contribution in [2.75, 3.05) is 32.9 Å². The number of nitrogens with one attached hydrogen (secondary N) is 1. The van der Waals surface area contributed by atoms with Crippen LogP contribution in [0.2, 0.25) is 0 Å². The largest absolute Gasteiger partial charge is 0.338 e. The molecule has 1 aliphatic rings. The van der Waals surface area contributed by atoms with Gasteiger partial charge in [-0.2, -0.15) is 11.8 Å². The molecule has 1 N–H and O–H groups in total. The van der Waals surface area contributed by atoms with Gasteiger partial charge < -0.3 is 10.2 Å². The highest BCUT2D eigenvalue weighted by atomic mass is 32.2. The molecule has 3 nitrogen and oxygen atoms in total. The number of hydrogen-bond donors (Lipinski definition) is 1. The molecule has 0 saturated carbocycles. The average molecular weight is 278 g/mol. The molecule has 1 fully saturated rings. The summed E-state index contributed by atoms with van der Waals surface area (Å²) in [5, 5.41) is 3.19.